The van der Waals surface area contributed by atoms with E-state index in [-0.39, 0.29) is 0 Å². The van der Waals surface area contributed by atoms with E-state index in [0.29, 0.717) is 11.3 Å². The molecule has 0 fully saturated rings. The Balaban J connectivity index is 2.12. The van der Waals surface area contributed by atoms with E-state index in [1.807, 2.05) is 30.3 Å². The minimum absolute atomic E-state index is 0.542. The quantitative estimate of drug-likeness (QED) is 0.659. The maximum absolute atomic E-state index is 11.1. The smallest absolute Gasteiger partial charge is 0.153 e. The minimum Gasteiger partial charge on any atom is -0.472 e. The van der Waals surface area contributed by atoms with E-state index >= 15 is 0 Å². The molecular weight excluding hydrogens is 228 g/mol. The molecule has 1 aromatic carbocycles. The van der Waals surface area contributed by atoms with Crippen molar-refractivity contribution in [2.45, 2.75) is 0 Å². The average Bonchev–Trinajstić information content (AvgIpc) is 3.08. The van der Waals surface area contributed by atoms with Crippen LogP contribution in [-0.2, 0) is 0 Å². The number of rotatable bonds is 3. The monoisotopic (exact) mass is 238 g/mol. The topological polar surface area (TPSA) is 48.0 Å². The summed E-state index contributed by atoms with van der Waals surface area (Å²) < 4.78 is 6.70. The predicted octanol–water partition coefficient (Wildman–Crippen LogP) is 2.94. The molecule has 3 rings (SSSR count). The van der Waals surface area contributed by atoms with Crippen molar-refractivity contribution in [2.24, 2.45) is 0 Å². The summed E-state index contributed by atoms with van der Waals surface area (Å²) in [5.41, 5.74) is 2.88. The summed E-state index contributed by atoms with van der Waals surface area (Å²) in [7, 11) is 0. The number of aldehydes is 1. The summed E-state index contributed by atoms with van der Waals surface area (Å²) in [6, 6.07) is 11.4. The third kappa shape index (κ3) is 1.73. The van der Waals surface area contributed by atoms with Crippen LogP contribution in [0.3, 0.4) is 0 Å². The van der Waals surface area contributed by atoms with Crippen LogP contribution in [0.2, 0.25) is 0 Å². The van der Waals surface area contributed by atoms with Crippen molar-refractivity contribution in [3.05, 3.63) is 60.7 Å². The predicted molar refractivity (Wildman–Crippen MR) is 66.7 cm³/mol. The molecule has 2 aromatic heterocycles. The van der Waals surface area contributed by atoms with Crippen LogP contribution in [0.5, 0.6) is 0 Å². The fourth-order valence-electron chi connectivity index (χ4n) is 1.81. The molecule has 18 heavy (non-hydrogen) atoms. The molecule has 0 unspecified atom stereocenters. The lowest BCUT2D eigenvalue weighted by Crippen LogP contribution is -1.93. The molecule has 0 atom stereocenters. The van der Waals surface area contributed by atoms with Gasteiger partial charge in [-0.3, -0.25) is 4.79 Å². The van der Waals surface area contributed by atoms with E-state index in [1.54, 1.807) is 29.5 Å². The van der Waals surface area contributed by atoms with Crippen molar-refractivity contribution in [2.75, 3.05) is 0 Å². The second kappa shape index (κ2) is 4.33. The Morgan fingerprint density at radius 1 is 1.17 bits per heavy atom. The van der Waals surface area contributed by atoms with E-state index < -0.39 is 0 Å². The van der Waals surface area contributed by atoms with Gasteiger partial charge in [0, 0.05) is 11.8 Å². The summed E-state index contributed by atoms with van der Waals surface area (Å²) in [5, 5.41) is 4.42. The summed E-state index contributed by atoms with van der Waals surface area (Å²) in [5.74, 6) is 0. The van der Waals surface area contributed by atoms with E-state index in [2.05, 4.69) is 5.10 Å². The SMILES string of the molecule is O=Cc1cn(-c2ccccc2)nc1-c1ccoc1. The summed E-state index contributed by atoms with van der Waals surface area (Å²) >= 11 is 0. The second-order valence-electron chi connectivity index (χ2n) is 3.84. The van der Waals surface area contributed by atoms with Gasteiger partial charge < -0.3 is 4.42 Å². The molecule has 0 radical (unpaired) electrons. The van der Waals surface area contributed by atoms with Crippen molar-refractivity contribution in [1.29, 1.82) is 0 Å². The van der Waals surface area contributed by atoms with Gasteiger partial charge in [0.05, 0.1) is 23.8 Å². The van der Waals surface area contributed by atoms with Gasteiger partial charge in [-0.25, -0.2) is 4.68 Å². The molecule has 3 aromatic rings. The Morgan fingerprint density at radius 3 is 2.67 bits per heavy atom. The number of hydrogen-bond acceptors (Lipinski definition) is 3. The van der Waals surface area contributed by atoms with Crippen LogP contribution in [0.25, 0.3) is 16.9 Å². The number of furan rings is 1. The first-order chi connectivity index (χ1) is 8.88. The van der Waals surface area contributed by atoms with E-state index in [9.17, 15) is 4.79 Å². The molecule has 88 valence electrons. The van der Waals surface area contributed by atoms with Crippen LogP contribution in [0.4, 0.5) is 0 Å². The zero-order valence-corrected chi connectivity index (χ0v) is 9.48. The number of carbonyl (C=O) groups is 1. The molecule has 0 aliphatic heterocycles. The van der Waals surface area contributed by atoms with Crippen molar-refractivity contribution < 1.29 is 9.21 Å². The first kappa shape index (κ1) is 10.5. The van der Waals surface area contributed by atoms with Crippen LogP contribution in [0.15, 0.2) is 59.5 Å². The molecule has 0 spiro atoms. The van der Waals surface area contributed by atoms with Crippen molar-refractivity contribution >= 4 is 6.29 Å². The lowest BCUT2D eigenvalue weighted by molar-refractivity contribution is 0.112. The molecule has 0 saturated carbocycles. The number of carbonyl (C=O) groups excluding carboxylic acids is 1. The highest BCUT2D eigenvalue weighted by molar-refractivity contribution is 5.85. The number of benzene rings is 1. The van der Waals surface area contributed by atoms with Crippen molar-refractivity contribution in [3.63, 3.8) is 0 Å². The third-order valence-corrected chi connectivity index (χ3v) is 2.68. The molecule has 4 nitrogen and oxygen atoms in total. The number of para-hydroxylation sites is 1. The zero-order chi connectivity index (χ0) is 12.4. The van der Waals surface area contributed by atoms with Gasteiger partial charge in [-0.1, -0.05) is 18.2 Å². The first-order valence-corrected chi connectivity index (χ1v) is 5.51. The molecular formula is C14H10N2O2. The average molecular weight is 238 g/mol. The largest absolute Gasteiger partial charge is 0.472 e. The van der Waals surface area contributed by atoms with Crippen molar-refractivity contribution in [3.8, 4) is 16.9 Å². The lowest BCUT2D eigenvalue weighted by atomic mass is 10.2. The molecule has 4 heteroatoms. The Morgan fingerprint density at radius 2 is 2.00 bits per heavy atom. The molecule has 0 saturated heterocycles. The maximum atomic E-state index is 11.1. The molecule has 0 N–H and O–H groups in total. The Hall–Kier alpha value is -2.62. The Labute approximate surface area is 103 Å². The minimum atomic E-state index is 0.542. The molecule has 0 bridgehead atoms. The Bertz CT molecular complexity index is 654. The van der Waals surface area contributed by atoms with Crippen LogP contribution in [-0.4, -0.2) is 16.1 Å². The van der Waals surface area contributed by atoms with Crippen molar-refractivity contribution in [1.82, 2.24) is 9.78 Å². The van der Waals surface area contributed by atoms with Gasteiger partial charge in [0.25, 0.3) is 0 Å². The molecule has 0 aliphatic carbocycles. The van der Waals surface area contributed by atoms with Gasteiger partial charge in [-0.05, 0) is 18.2 Å². The highest BCUT2D eigenvalue weighted by Gasteiger charge is 2.12. The number of nitrogens with zero attached hydrogens (tertiary/aromatic N) is 2. The summed E-state index contributed by atoms with van der Waals surface area (Å²) in [6.45, 7) is 0. The standard InChI is InChI=1S/C14H10N2O2/c17-9-12-8-16(13-4-2-1-3-5-13)15-14(12)11-6-7-18-10-11/h1-10H. The number of hydrogen-bond donors (Lipinski definition) is 0. The van der Waals surface area contributed by atoms with E-state index in [0.717, 1.165) is 17.5 Å². The van der Waals surface area contributed by atoms with Crippen LogP contribution in [0.1, 0.15) is 10.4 Å². The van der Waals surface area contributed by atoms with E-state index in [4.69, 9.17) is 4.42 Å². The van der Waals surface area contributed by atoms with Gasteiger partial charge in [-0.2, -0.15) is 5.10 Å². The lowest BCUT2D eigenvalue weighted by Gasteiger charge is -1.98. The highest BCUT2D eigenvalue weighted by atomic mass is 16.3. The fraction of sp³-hybridized carbons (Fsp3) is 0. The highest BCUT2D eigenvalue weighted by Crippen LogP contribution is 2.22. The summed E-state index contributed by atoms with van der Waals surface area (Å²) in [4.78, 5) is 11.1. The number of aromatic nitrogens is 2. The van der Waals surface area contributed by atoms with Gasteiger partial charge >= 0.3 is 0 Å². The van der Waals surface area contributed by atoms with Gasteiger partial charge in [0.1, 0.15) is 5.69 Å². The first-order valence-electron chi connectivity index (χ1n) is 5.51. The third-order valence-electron chi connectivity index (χ3n) is 2.68. The second-order valence-corrected chi connectivity index (χ2v) is 3.84. The molecule has 0 aliphatic rings. The fourth-order valence-corrected chi connectivity index (χ4v) is 1.81. The van der Waals surface area contributed by atoms with Crippen LogP contribution >= 0.6 is 0 Å². The maximum Gasteiger partial charge on any atom is 0.153 e. The zero-order valence-electron chi connectivity index (χ0n) is 9.48. The van der Waals surface area contributed by atoms with Gasteiger partial charge in [0.2, 0.25) is 0 Å². The van der Waals surface area contributed by atoms with Crippen LogP contribution < -0.4 is 0 Å². The van der Waals surface area contributed by atoms with Gasteiger partial charge in [-0.15, -0.1) is 0 Å². The molecule has 2 heterocycles. The van der Waals surface area contributed by atoms with Crippen LogP contribution in [0, 0.1) is 0 Å². The van der Waals surface area contributed by atoms with E-state index in [1.165, 1.54) is 0 Å². The Kier molecular flexibility index (Phi) is 2.53. The normalized spacial score (nSPS) is 10.4. The van der Waals surface area contributed by atoms with Gasteiger partial charge in [0.15, 0.2) is 6.29 Å². The summed E-state index contributed by atoms with van der Waals surface area (Å²) in [6.07, 6.45) is 5.65. The molecule has 0 amide bonds.